The first-order valence-electron chi connectivity index (χ1n) is 7.45. The minimum atomic E-state index is 0.209. The highest BCUT2D eigenvalue weighted by atomic mass is 16.5. The number of nitrogens with one attached hydrogen (secondary N) is 1. The molecule has 0 bridgehead atoms. The van der Waals surface area contributed by atoms with Gasteiger partial charge in [0.2, 0.25) is 0 Å². The highest BCUT2D eigenvalue weighted by Crippen LogP contribution is 2.30. The van der Waals surface area contributed by atoms with Crippen LogP contribution in [0, 0.1) is 5.92 Å². The molecule has 0 radical (unpaired) electrons. The summed E-state index contributed by atoms with van der Waals surface area (Å²) in [6, 6.07) is 8.48. The van der Waals surface area contributed by atoms with Crippen LogP contribution in [0.1, 0.15) is 58.1 Å². The van der Waals surface area contributed by atoms with E-state index >= 15 is 0 Å². The van der Waals surface area contributed by atoms with Crippen LogP contribution in [0.25, 0.3) is 0 Å². The molecule has 0 aliphatic carbocycles. The Bertz CT molecular complexity index is 348. The lowest BCUT2D eigenvalue weighted by Gasteiger charge is -2.27. The van der Waals surface area contributed by atoms with Gasteiger partial charge < -0.3 is 4.74 Å². The van der Waals surface area contributed by atoms with Gasteiger partial charge in [-0.3, -0.25) is 11.3 Å². The maximum atomic E-state index is 5.80. The van der Waals surface area contributed by atoms with Gasteiger partial charge in [-0.15, -0.1) is 0 Å². The molecule has 0 saturated heterocycles. The summed E-state index contributed by atoms with van der Waals surface area (Å²) in [6.45, 7) is 7.15. The molecule has 0 amide bonds. The lowest BCUT2D eigenvalue weighted by atomic mass is 9.86. The number of hydrazine groups is 1. The molecule has 3 N–H and O–H groups in total. The molecule has 0 aromatic heterocycles. The third-order valence-corrected chi connectivity index (χ3v) is 3.50. The summed E-state index contributed by atoms with van der Waals surface area (Å²) in [5, 5.41) is 0. The van der Waals surface area contributed by atoms with E-state index in [1.54, 1.807) is 0 Å². The first-order chi connectivity index (χ1) is 9.26. The van der Waals surface area contributed by atoms with Crippen LogP contribution >= 0.6 is 0 Å². The third-order valence-electron chi connectivity index (χ3n) is 3.50. The van der Waals surface area contributed by atoms with Crippen molar-refractivity contribution in [2.24, 2.45) is 11.8 Å². The van der Waals surface area contributed by atoms with Crippen molar-refractivity contribution < 1.29 is 4.74 Å². The number of hydrogen-bond acceptors (Lipinski definition) is 3. The minimum absolute atomic E-state index is 0.209. The molecule has 1 unspecified atom stereocenters. The van der Waals surface area contributed by atoms with E-state index in [0.717, 1.165) is 5.75 Å². The van der Waals surface area contributed by atoms with Gasteiger partial charge >= 0.3 is 0 Å². The van der Waals surface area contributed by atoms with Crippen molar-refractivity contribution in [1.82, 2.24) is 5.43 Å². The van der Waals surface area contributed by atoms with Gasteiger partial charge in [0.15, 0.2) is 0 Å². The summed E-state index contributed by atoms with van der Waals surface area (Å²) in [4.78, 5) is 0. The predicted octanol–water partition coefficient (Wildman–Crippen LogP) is 3.81. The van der Waals surface area contributed by atoms with E-state index in [1.807, 2.05) is 19.1 Å². The standard InChI is InChI=1S/C16H28N2O/c1-4-8-13(9-5-2)16(18-17)14-10-7-11-15(12-14)19-6-3/h7,10-13,16,18H,4-6,8-9,17H2,1-3H3. The summed E-state index contributed by atoms with van der Waals surface area (Å²) in [5.41, 5.74) is 4.22. The first kappa shape index (κ1) is 16.0. The normalized spacial score (nSPS) is 12.7. The quantitative estimate of drug-likeness (QED) is 0.527. The maximum absolute atomic E-state index is 5.80. The fourth-order valence-corrected chi connectivity index (χ4v) is 2.69. The van der Waals surface area contributed by atoms with Crippen LogP contribution in [0.4, 0.5) is 0 Å². The van der Waals surface area contributed by atoms with E-state index in [2.05, 4.69) is 31.4 Å². The smallest absolute Gasteiger partial charge is 0.119 e. The van der Waals surface area contributed by atoms with Crippen molar-refractivity contribution in [3.05, 3.63) is 29.8 Å². The third kappa shape index (κ3) is 4.84. The van der Waals surface area contributed by atoms with Crippen LogP contribution < -0.4 is 16.0 Å². The van der Waals surface area contributed by atoms with Crippen molar-refractivity contribution >= 4 is 0 Å². The maximum Gasteiger partial charge on any atom is 0.119 e. The van der Waals surface area contributed by atoms with E-state index in [-0.39, 0.29) is 6.04 Å². The topological polar surface area (TPSA) is 47.3 Å². The van der Waals surface area contributed by atoms with Gasteiger partial charge in [-0.05, 0) is 43.4 Å². The first-order valence-corrected chi connectivity index (χ1v) is 7.45. The lowest BCUT2D eigenvalue weighted by Crippen LogP contribution is -2.33. The van der Waals surface area contributed by atoms with Crippen LogP contribution in [-0.4, -0.2) is 6.61 Å². The van der Waals surface area contributed by atoms with Crippen LogP contribution in [0.2, 0.25) is 0 Å². The van der Waals surface area contributed by atoms with Gasteiger partial charge in [-0.2, -0.15) is 0 Å². The molecular weight excluding hydrogens is 236 g/mol. The second kappa shape index (κ2) is 8.94. The molecule has 19 heavy (non-hydrogen) atoms. The molecule has 3 heteroatoms. The van der Waals surface area contributed by atoms with Crippen LogP contribution in [0.5, 0.6) is 5.75 Å². The molecule has 1 aromatic carbocycles. The van der Waals surface area contributed by atoms with Gasteiger partial charge in [0.1, 0.15) is 5.75 Å². The van der Waals surface area contributed by atoms with Gasteiger partial charge in [0, 0.05) is 6.04 Å². The summed E-state index contributed by atoms with van der Waals surface area (Å²) in [7, 11) is 0. The SMILES string of the molecule is CCCC(CCC)C(NN)c1cccc(OCC)c1. The zero-order valence-corrected chi connectivity index (χ0v) is 12.5. The Hall–Kier alpha value is -1.06. The molecule has 1 aromatic rings. The molecule has 108 valence electrons. The largest absolute Gasteiger partial charge is 0.494 e. The zero-order chi connectivity index (χ0) is 14.1. The monoisotopic (exact) mass is 264 g/mol. The Morgan fingerprint density at radius 1 is 1.16 bits per heavy atom. The number of benzene rings is 1. The van der Waals surface area contributed by atoms with Gasteiger partial charge in [-0.25, -0.2) is 0 Å². The van der Waals surface area contributed by atoms with E-state index in [9.17, 15) is 0 Å². The van der Waals surface area contributed by atoms with Crippen molar-refractivity contribution in [2.45, 2.75) is 52.5 Å². The molecule has 0 aliphatic rings. The second-order valence-corrected chi connectivity index (χ2v) is 4.99. The molecule has 0 fully saturated rings. The summed E-state index contributed by atoms with van der Waals surface area (Å²) >= 11 is 0. The molecule has 0 spiro atoms. The summed E-state index contributed by atoms with van der Waals surface area (Å²) in [5.74, 6) is 7.30. The highest BCUT2D eigenvalue weighted by Gasteiger charge is 2.21. The van der Waals surface area contributed by atoms with Crippen LogP contribution in [0.3, 0.4) is 0 Å². The van der Waals surface area contributed by atoms with Crippen molar-refractivity contribution in [2.75, 3.05) is 6.61 Å². The van der Waals surface area contributed by atoms with E-state index in [1.165, 1.54) is 31.2 Å². The average molecular weight is 264 g/mol. The van der Waals surface area contributed by atoms with Crippen molar-refractivity contribution in [3.63, 3.8) is 0 Å². The van der Waals surface area contributed by atoms with E-state index in [4.69, 9.17) is 10.6 Å². The zero-order valence-electron chi connectivity index (χ0n) is 12.5. The number of ether oxygens (including phenoxy) is 1. The van der Waals surface area contributed by atoms with E-state index < -0.39 is 0 Å². The molecule has 1 atom stereocenters. The molecule has 0 aliphatic heterocycles. The number of nitrogens with two attached hydrogens (primary N) is 1. The van der Waals surface area contributed by atoms with Gasteiger partial charge in [0.05, 0.1) is 6.61 Å². The number of hydrogen-bond donors (Lipinski definition) is 2. The molecule has 0 saturated carbocycles. The lowest BCUT2D eigenvalue weighted by molar-refractivity contribution is 0.314. The van der Waals surface area contributed by atoms with Gasteiger partial charge in [-0.1, -0.05) is 38.8 Å². The summed E-state index contributed by atoms with van der Waals surface area (Å²) < 4.78 is 5.57. The molecular formula is C16H28N2O. The van der Waals surface area contributed by atoms with Crippen molar-refractivity contribution in [1.29, 1.82) is 0 Å². The Balaban J connectivity index is 2.89. The average Bonchev–Trinajstić information content (AvgIpc) is 2.41. The van der Waals surface area contributed by atoms with Crippen LogP contribution in [0.15, 0.2) is 24.3 Å². The van der Waals surface area contributed by atoms with E-state index in [0.29, 0.717) is 12.5 Å². The van der Waals surface area contributed by atoms with Crippen molar-refractivity contribution in [3.8, 4) is 5.75 Å². The second-order valence-electron chi connectivity index (χ2n) is 4.99. The molecule has 1 rings (SSSR count). The fraction of sp³-hybridized carbons (Fsp3) is 0.625. The Labute approximate surface area is 117 Å². The molecule has 0 heterocycles. The van der Waals surface area contributed by atoms with Crippen LogP contribution in [-0.2, 0) is 0 Å². The predicted molar refractivity (Wildman–Crippen MR) is 81.0 cm³/mol. The number of rotatable bonds is 9. The fourth-order valence-electron chi connectivity index (χ4n) is 2.69. The minimum Gasteiger partial charge on any atom is -0.494 e. The Morgan fingerprint density at radius 3 is 2.37 bits per heavy atom. The summed E-state index contributed by atoms with van der Waals surface area (Å²) in [6.07, 6.45) is 4.77. The molecule has 3 nitrogen and oxygen atoms in total. The Kier molecular flexibility index (Phi) is 7.53. The van der Waals surface area contributed by atoms with Gasteiger partial charge in [0.25, 0.3) is 0 Å². The Morgan fingerprint density at radius 2 is 1.84 bits per heavy atom. The highest BCUT2D eigenvalue weighted by molar-refractivity contribution is 5.31.